The third-order valence-corrected chi connectivity index (χ3v) is 5.33. The second-order valence-corrected chi connectivity index (χ2v) is 6.46. The lowest BCUT2D eigenvalue weighted by atomic mass is 9.76. The van der Waals surface area contributed by atoms with Gasteiger partial charge in [-0.1, -0.05) is 6.92 Å². The number of hydrogen-bond donors (Lipinski definition) is 2. The fraction of sp³-hybridized carbons (Fsp3) is 0.438. The normalized spacial score (nSPS) is 18.1. The summed E-state index contributed by atoms with van der Waals surface area (Å²) in [6.45, 7) is 3.99. The zero-order valence-corrected chi connectivity index (χ0v) is 12.6. The molecule has 106 valence electrons. The molecule has 1 aromatic heterocycles. The summed E-state index contributed by atoms with van der Waals surface area (Å²) in [7, 11) is 0. The quantitative estimate of drug-likeness (QED) is 0.905. The molecule has 1 fully saturated rings. The molecule has 2 N–H and O–H groups in total. The fourth-order valence-electron chi connectivity index (χ4n) is 2.95. The Labute approximate surface area is 123 Å². The number of amides is 1. The van der Waals surface area contributed by atoms with E-state index in [1.54, 1.807) is 11.3 Å². The first-order valence-electron chi connectivity index (χ1n) is 7.23. The van der Waals surface area contributed by atoms with Crippen molar-refractivity contribution in [3.8, 4) is 0 Å². The van der Waals surface area contributed by atoms with Crippen LogP contribution in [-0.4, -0.2) is 19.0 Å². The summed E-state index contributed by atoms with van der Waals surface area (Å²) in [6.07, 6.45) is 2.76. The van der Waals surface area contributed by atoms with E-state index in [1.807, 2.05) is 6.07 Å². The largest absolute Gasteiger partial charge is 0.326 e. The molecule has 0 bridgehead atoms. The van der Waals surface area contributed by atoms with Crippen molar-refractivity contribution in [2.24, 2.45) is 5.41 Å². The highest BCUT2D eigenvalue weighted by Crippen LogP contribution is 2.34. The molecule has 3 nitrogen and oxygen atoms in total. The summed E-state index contributed by atoms with van der Waals surface area (Å²) >= 11 is 1.73. The third-order valence-electron chi connectivity index (χ3n) is 4.43. The number of piperidine rings is 1. The van der Waals surface area contributed by atoms with Gasteiger partial charge in [0.15, 0.2) is 0 Å². The molecule has 0 spiro atoms. The molecule has 3 rings (SSSR count). The van der Waals surface area contributed by atoms with Crippen molar-refractivity contribution < 1.29 is 4.79 Å². The Bertz CT molecular complexity index is 614. The van der Waals surface area contributed by atoms with Gasteiger partial charge in [0.05, 0.1) is 5.41 Å². The van der Waals surface area contributed by atoms with Crippen LogP contribution < -0.4 is 10.6 Å². The second-order valence-electron chi connectivity index (χ2n) is 5.51. The maximum atomic E-state index is 12.7. The van der Waals surface area contributed by atoms with E-state index >= 15 is 0 Å². The first kappa shape index (κ1) is 13.6. The highest BCUT2D eigenvalue weighted by atomic mass is 32.1. The minimum Gasteiger partial charge on any atom is -0.326 e. The van der Waals surface area contributed by atoms with Crippen LogP contribution >= 0.6 is 11.3 Å². The average molecular weight is 288 g/mol. The van der Waals surface area contributed by atoms with E-state index in [0.717, 1.165) is 38.0 Å². The van der Waals surface area contributed by atoms with Gasteiger partial charge in [-0.2, -0.15) is 0 Å². The van der Waals surface area contributed by atoms with Crippen molar-refractivity contribution in [2.75, 3.05) is 18.4 Å². The summed E-state index contributed by atoms with van der Waals surface area (Å²) in [5.41, 5.74) is 0.710. The lowest BCUT2D eigenvalue weighted by Crippen LogP contribution is -2.44. The van der Waals surface area contributed by atoms with Crippen molar-refractivity contribution in [2.45, 2.75) is 26.2 Å². The highest BCUT2D eigenvalue weighted by molar-refractivity contribution is 7.17. The molecule has 2 aromatic rings. The zero-order chi connectivity index (χ0) is 14.0. The molecule has 1 aliphatic rings. The molecule has 1 amide bonds. The van der Waals surface area contributed by atoms with Gasteiger partial charge >= 0.3 is 0 Å². The molecular weight excluding hydrogens is 268 g/mol. The van der Waals surface area contributed by atoms with Crippen LogP contribution in [0.4, 0.5) is 5.69 Å². The molecular formula is C16H20N2OS. The first-order chi connectivity index (χ1) is 9.73. The molecule has 0 aliphatic carbocycles. The van der Waals surface area contributed by atoms with Crippen LogP contribution in [0.2, 0.25) is 0 Å². The number of thiophene rings is 1. The lowest BCUT2D eigenvalue weighted by Gasteiger charge is -2.35. The summed E-state index contributed by atoms with van der Waals surface area (Å²) in [4.78, 5) is 12.7. The number of carbonyl (C=O) groups excluding carboxylic acids is 1. The number of fused-ring (bicyclic) bond motifs is 1. The smallest absolute Gasteiger partial charge is 0.230 e. The van der Waals surface area contributed by atoms with Gasteiger partial charge in [0.2, 0.25) is 5.91 Å². The van der Waals surface area contributed by atoms with E-state index in [9.17, 15) is 4.79 Å². The summed E-state index contributed by atoms with van der Waals surface area (Å²) < 4.78 is 1.26. The number of rotatable bonds is 3. The van der Waals surface area contributed by atoms with Gasteiger partial charge in [-0.15, -0.1) is 11.3 Å². The van der Waals surface area contributed by atoms with E-state index < -0.39 is 0 Å². The summed E-state index contributed by atoms with van der Waals surface area (Å²) in [5, 5.41) is 9.74. The molecule has 0 radical (unpaired) electrons. The Morgan fingerprint density at radius 1 is 1.35 bits per heavy atom. The minimum absolute atomic E-state index is 0.177. The van der Waals surface area contributed by atoms with Gasteiger partial charge in [0, 0.05) is 10.4 Å². The molecule has 0 saturated carbocycles. The van der Waals surface area contributed by atoms with Crippen LogP contribution in [0, 0.1) is 5.41 Å². The van der Waals surface area contributed by atoms with Gasteiger partial charge < -0.3 is 10.6 Å². The van der Waals surface area contributed by atoms with Crippen LogP contribution in [0.15, 0.2) is 29.6 Å². The number of benzene rings is 1. The maximum Gasteiger partial charge on any atom is 0.230 e. The van der Waals surface area contributed by atoms with Crippen LogP contribution in [-0.2, 0) is 4.79 Å². The predicted octanol–water partition coefficient (Wildman–Crippen LogP) is 3.62. The van der Waals surface area contributed by atoms with Crippen molar-refractivity contribution in [1.82, 2.24) is 5.32 Å². The number of hydrogen-bond acceptors (Lipinski definition) is 3. The van der Waals surface area contributed by atoms with Gasteiger partial charge in [-0.05, 0) is 67.4 Å². The highest BCUT2D eigenvalue weighted by Gasteiger charge is 2.37. The van der Waals surface area contributed by atoms with Gasteiger partial charge in [0.25, 0.3) is 0 Å². The molecule has 20 heavy (non-hydrogen) atoms. The van der Waals surface area contributed by atoms with Crippen molar-refractivity contribution in [3.05, 3.63) is 29.6 Å². The molecule has 0 unspecified atom stereocenters. The van der Waals surface area contributed by atoms with Crippen LogP contribution in [0.25, 0.3) is 10.1 Å². The first-order valence-corrected chi connectivity index (χ1v) is 8.11. The van der Waals surface area contributed by atoms with Crippen LogP contribution in [0.5, 0.6) is 0 Å². The SMILES string of the molecule is CCC1(C(=O)Nc2ccc3sccc3c2)CCNCC1. The second kappa shape index (κ2) is 5.54. The zero-order valence-electron chi connectivity index (χ0n) is 11.7. The molecule has 4 heteroatoms. The Balaban J connectivity index is 1.80. The topological polar surface area (TPSA) is 41.1 Å². The minimum atomic E-state index is -0.200. The Kier molecular flexibility index (Phi) is 3.76. The van der Waals surface area contributed by atoms with Crippen LogP contribution in [0.1, 0.15) is 26.2 Å². The summed E-state index contributed by atoms with van der Waals surface area (Å²) in [6, 6.07) is 8.24. The van der Waals surface area contributed by atoms with Gasteiger partial charge in [0.1, 0.15) is 0 Å². The van der Waals surface area contributed by atoms with E-state index in [0.29, 0.717) is 0 Å². The third kappa shape index (κ3) is 2.45. The number of carbonyl (C=O) groups is 1. The Morgan fingerprint density at radius 2 is 2.15 bits per heavy atom. The van der Waals surface area contributed by atoms with Crippen molar-refractivity contribution in [3.63, 3.8) is 0 Å². The average Bonchev–Trinajstić information content (AvgIpc) is 2.95. The van der Waals surface area contributed by atoms with Crippen LogP contribution in [0.3, 0.4) is 0 Å². The van der Waals surface area contributed by atoms with Crippen molar-refractivity contribution in [1.29, 1.82) is 0 Å². The number of nitrogens with one attached hydrogen (secondary N) is 2. The monoisotopic (exact) mass is 288 g/mol. The Morgan fingerprint density at radius 3 is 2.90 bits per heavy atom. The molecule has 0 atom stereocenters. The van der Waals surface area contributed by atoms with E-state index in [2.05, 4.69) is 41.1 Å². The van der Waals surface area contributed by atoms with E-state index in [-0.39, 0.29) is 11.3 Å². The standard InChI is InChI=1S/C16H20N2OS/c1-2-16(6-8-17-9-7-16)15(19)18-13-3-4-14-12(11-13)5-10-20-14/h3-5,10-11,17H,2,6-9H2,1H3,(H,18,19). The molecule has 1 aromatic carbocycles. The molecule has 2 heterocycles. The Hall–Kier alpha value is -1.39. The van der Waals surface area contributed by atoms with Gasteiger partial charge in [-0.25, -0.2) is 0 Å². The van der Waals surface area contributed by atoms with E-state index in [1.165, 1.54) is 10.1 Å². The maximum absolute atomic E-state index is 12.7. The predicted molar refractivity (Wildman–Crippen MR) is 85.3 cm³/mol. The molecule has 1 aliphatic heterocycles. The fourth-order valence-corrected chi connectivity index (χ4v) is 3.73. The van der Waals surface area contributed by atoms with E-state index in [4.69, 9.17) is 0 Å². The van der Waals surface area contributed by atoms with Gasteiger partial charge in [-0.3, -0.25) is 4.79 Å². The lowest BCUT2D eigenvalue weighted by molar-refractivity contribution is -0.127. The number of anilines is 1. The summed E-state index contributed by atoms with van der Waals surface area (Å²) in [5.74, 6) is 0.177. The van der Waals surface area contributed by atoms with Crippen molar-refractivity contribution >= 4 is 33.0 Å². The molecule has 1 saturated heterocycles.